The average molecular weight is 381 g/mol. The number of halogens is 3. The number of benzene rings is 2. The van der Waals surface area contributed by atoms with E-state index in [1.807, 2.05) is 0 Å². The van der Waals surface area contributed by atoms with Gasteiger partial charge >= 0.3 is 12.1 Å². The van der Waals surface area contributed by atoms with Crippen molar-refractivity contribution in [3.63, 3.8) is 0 Å². The van der Waals surface area contributed by atoms with Gasteiger partial charge in [-0.25, -0.2) is 0 Å². The minimum atomic E-state index is -4.48. The summed E-state index contributed by atoms with van der Waals surface area (Å²) in [5.41, 5.74) is -0.173. The summed E-state index contributed by atoms with van der Waals surface area (Å²) in [4.78, 5) is 24.1. The number of alkyl halides is 3. The van der Waals surface area contributed by atoms with E-state index in [2.05, 4.69) is 10.1 Å². The molecule has 2 aromatic rings. The summed E-state index contributed by atoms with van der Waals surface area (Å²) in [6.07, 6.45) is -4.61. The quantitative estimate of drug-likeness (QED) is 0.774. The highest BCUT2D eigenvalue weighted by molar-refractivity contribution is 5.94. The van der Waals surface area contributed by atoms with Crippen molar-refractivity contribution >= 4 is 11.9 Å². The number of hydrogen-bond acceptors (Lipinski definition) is 4. The summed E-state index contributed by atoms with van der Waals surface area (Å²) in [7, 11) is 2.73. The molecule has 1 atom stereocenters. The third kappa shape index (κ3) is 5.47. The second kappa shape index (κ2) is 8.57. The van der Waals surface area contributed by atoms with Crippen LogP contribution in [-0.2, 0) is 15.7 Å². The van der Waals surface area contributed by atoms with E-state index in [1.165, 1.54) is 14.2 Å². The maximum absolute atomic E-state index is 12.6. The van der Waals surface area contributed by atoms with Gasteiger partial charge in [-0.2, -0.15) is 13.2 Å². The number of carbonyl (C=O) groups excluding carboxylic acids is 2. The highest BCUT2D eigenvalue weighted by atomic mass is 19.4. The molecule has 1 N–H and O–H groups in total. The van der Waals surface area contributed by atoms with E-state index in [0.717, 1.165) is 24.3 Å². The number of nitrogens with one attached hydrogen (secondary N) is 1. The van der Waals surface area contributed by atoms with Gasteiger partial charge in [0.05, 0.1) is 32.2 Å². The molecule has 0 aliphatic carbocycles. The molecular formula is C19H18F3NO4. The predicted octanol–water partition coefficient (Wildman–Crippen LogP) is 3.75. The van der Waals surface area contributed by atoms with Gasteiger partial charge in [0, 0.05) is 5.56 Å². The van der Waals surface area contributed by atoms with Crippen LogP contribution in [0.2, 0.25) is 0 Å². The lowest BCUT2D eigenvalue weighted by Crippen LogP contribution is -2.30. The molecule has 0 aromatic heterocycles. The summed E-state index contributed by atoms with van der Waals surface area (Å²) in [6.45, 7) is 0. The van der Waals surface area contributed by atoms with E-state index < -0.39 is 29.7 Å². The normalized spacial score (nSPS) is 12.2. The van der Waals surface area contributed by atoms with E-state index in [1.54, 1.807) is 24.3 Å². The van der Waals surface area contributed by atoms with E-state index >= 15 is 0 Å². The van der Waals surface area contributed by atoms with Gasteiger partial charge in [-0.1, -0.05) is 12.1 Å². The molecular weight excluding hydrogens is 363 g/mol. The number of esters is 1. The Labute approximate surface area is 154 Å². The number of ether oxygens (including phenoxy) is 2. The van der Waals surface area contributed by atoms with Crippen molar-refractivity contribution in [1.29, 1.82) is 0 Å². The van der Waals surface area contributed by atoms with Gasteiger partial charge in [-0.3, -0.25) is 9.59 Å². The lowest BCUT2D eigenvalue weighted by molar-refractivity contribution is -0.141. The molecule has 0 radical (unpaired) electrons. The van der Waals surface area contributed by atoms with Crippen molar-refractivity contribution in [2.45, 2.75) is 18.6 Å². The monoisotopic (exact) mass is 381 g/mol. The number of rotatable bonds is 6. The van der Waals surface area contributed by atoms with Crippen molar-refractivity contribution in [3.8, 4) is 5.75 Å². The Morgan fingerprint density at radius 2 is 1.59 bits per heavy atom. The van der Waals surface area contributed by atoms with Crippen molar-refractivity contribution in [2.24, 2.45) is 0 Å². The first-order valence-corrected chi connectivity index (χ1v) is 7.93. The molecule has 1 unspecified atom stereocenters. The zero-order chi connectivity index (χ0) is 20.0. The zero-order valence-electron chi connectivity index (χ0n) is 14.7. The Morgan fingerprint density at radius 1 is 1.00 bits per heavy atom. The second-order valence-corrected chi connectivity index (χ2v) is 5.65. The lowest BCUT2D eigenvalue weighted by atomic mass is 10.0. The lowest BCUT2D eigenvalue weighted by Gasteiger charge is -2.19. The highest BCUT2D eigenvalue weighted by Gasteiger charge is 2.30. The third-order valence-electron chi connectivity index (χ3n) is 3.90. The van der Waals surface area contributed by atoms with Crippen molar-refractivity contribution in [3.05, 3.63) is 65.2 Å². The Morgan fingerprint density at radius 3 is 2.07 bits per heavy atom. The van der Waals surface area contributed by atoms with Gasteiger partial charge in [0.15, 0.2) is 0 Å². The molecule has 0 aliphatic rings. The van der Waals surface area contributed by atoms with Crippen LogP contribution in [-0.4, -0.2) is 26.1 Å². The van der Waals surface area contributed by atoms with Gasteiger partial charge in [-0.15, -0.1) is 0 Å². The van der Waals surface area contributed by atoms with Crippen molar-refractivity contribution in [2.75, 3.05) is 14.2 Å². The number of amides is 1. The maximum Gasteiger partial charge on any atom is 0.416 e. The van der Waals surface area contributed by atoms with Crippen molar-refractivity contribution < 1.29 is 32.2 Å². The summed E-state index contributed by atoms with van der Waals surface area (Å²) in [5, 5.41) is 2.65. The fraction of sp³-hybridized carbons (Fsp3) is 0.263. The SMILES string of the molecule is COC(=O)CC(NC(=O)c1ccc(C(F)(F)F)cc1)c1ccc(OC)cc1. The van der Waals surface area contributed by atoms with E-state index in [4.69, 9.17) is 4.74 Å². The van der Waals surface area contributed by atoms with Crippen LogP contribution in [0.15, 0.2) is 48.5 Å². The van der Waals surface area contributed by atoms with E-state index in [-0.39, 0.29) is 12.0 Å². The molecule has 0 bridgehead atoms. The maximum atomic E-state index is 12.6. The smallest absolute Gasteiger partial charge is 0.416 e. The zero-order valence-corrected chi connectivity index (χ0v) is 14.7. The summed E-state index contributed by atoms with van der Waals surface area (Å²) in [5.74, 6) is -0.540. The molecule has 1 amide bonds. The molecule has 0 spiro atoms. The topological polar surface area (TPSA) is 64.6 Å². The van der Waals surface area contributed by atoms with Crippen LogP contribution in [0, 0.1) is 0 Å². The van der Waals surface area contributed by atoms with Gasteiger partial charge in [0.2, 0.25) is 0 Å². The Bertz CT molecular complexity index is 786. The third-order valence-corrected chi connectivity index (χ3v) is 3.90. The fourth-order valence-corrected chi connectivity index (χ4v) is 2.39. The van der Waals surface area contributed by atoms with Crippen LogP contribution >= 0.6 is 0 Å². The molecule has 0 aliphatic heterocycles. The van der Waals surface area contributed by atoms with E-state index in [9.17, 15) is 22.8 Å². The molecule has 2 aromatic carbocycles. The first kappa shape index (κ1) is 20.3. The Hall–Kier alpha value is -3.03. The Kier molecular flexibility index (Phi) is 6.44. The molecule has 144 valence electrons. The molecule has 0 saturated carbocycles. The minimum absolute atomic E-state index is 0.0476. The van der Waals surface area contributed by atoms with Crippen LogP contribution in [0.5, 0.6) is 5.75 Å². The molecule has 0 fully saturated rings. The predicted molar refractivity (Wildman–Crippen MR) is 91.3 cm³/mol. The molecule has 0 heterocycles. The minimum Gasteiger partial charge on any atom is -0.497 e. The summed E-state index contributed by atoms with van der Waals surface area (Å²) < 4.78 is 47.6. The number of carbonyl (C=O) groups is 2. The summed E-state index contributed by atoms with van der Waals surface area (Å²) in [6, 6.07) is 9.82. The largest absolute Gasteiger partial charge is 0.497 e. The standard InChI is InChI=1S/C19H18F3NO4/c1-26-15-9-5-12(6-10-15)16(11-17(24)27-2)23-18(25)13-3-7-14(8-4-13)19(20,21)22/h3-10,16H,11H2,1-2H3,(H,23,25). The van der Waals surface area contributed by atoms with Gasteiger partial charge in [-0.05, 0) is 42.0 Å². The van der Waals surface area contributed by atoms with Crippen molar-refractivity contribution in [1.82, 2.24) is 5.32 Å². The first-order chi connectivity index (χ1) is 12.7. The molecule has 27 heavy (non-hydrogen) atoms. The average Bonchev–Trinajstić information content (AvgIpc) is 2.66. The Balaban J connectivity index is 2.20. The van der Waals surface area contributed by atoms with Gasteiger partial charge < -0.3 is 14.8 Å². The number of methoxy groups -OCH3 is 2. The summed E-state index contributed by atoms with van der Waals surface area (Å²) >= 11 is 0. The molecule has 0 saturated heterocycles. The van der Waals surface area contributed by atoms with Crippen LogP contribution in [0.25, 0.3) is 0 Å². The van der Waals surface area contributed by atoms with Gasteiger partial charge in [0.1, 0.15) is 5.75 Å². The van der Waals surface area contributed by atoms with Crippen LogP contribution in [0.3, 0.4) is 0 Å². The molecule has 2 rings (SSSR count). The van der Waals surface area contributed by atoms with Crippen LogP contribution < -0.4 is 10.1 Å². The number of hydrogen-bond donors (Lipinski definition) is 1. The highest BCUT2D eigenvalue weighted by Crippen LogP contribution is 2.29. The molecule has 8 heteroatoms. The first-order valence-electron chi connectivity index (χ1n) is 7.93. The fourth-order valence-electron chi connectivity index (χ4n) is 2.39. The van der Waals surface area contributed by atoms with E-state index in [0.29, 0.717) is 11.3 Å². The molecule has 5 nitrogen and oxygen atoms in total. The van der Waals surface area contributed by atoms with Gasteiger partial charge in [0.25, 0.3) is 5.91 Å². The van der Waals surface area contributed by atoms with Crippen LogP contribution in [0.1, 0.15) is 33.9 Å². The van der Waals surface area contributed by atoms with Crippen LogP contribution in [0.4, 0.5) is 13.2 Å². The second-order valence-electron chi connectivity index (χ2n) is 5.65.